The largest absolute Gasteiger partial charge is 0.0993 e. The summed E-state index contributed by atoms with van der Waals surface area (Å²) >= 11 is 0. The van der Waals surface area contributed by atoms with Crippen LogP contribution in [-0.2, 0) is 0 Å². The van der Waals surface area contributed by atoms with Gasteiger partial charge in [-0.25, -0.2) is 0 Å². The predicted octanol–water partition coefficient (Wildman–Crippen LogP) is 10.0. The van der Waals surface area contributed by atoms with Gasteiger partial charge in [0.15, 0.2) is 0 Å². The molecule has 4 rings (SSSR count). The molecule has 4 fully saturated rings. The van der Waals surface area contributed by atoms with E-state index in [2.05, 4.69) is 62.0 Å². The summed E-state index contributed by atoms with van der Waals surface area (Å²) in [7, 11) is 0. The van der Waals surface area contributed by atoms with Gasteiger partial charge < -0.3 is 0 Å². The topological polar surface area (TPSA) is 0 Å². The van der Waals surface area contributed by atoms with E-state index in [1.165, 1.54) is 64.2 Å². The molecular formula is C32H58. The Balaban J connectivity index is 0.000000186. The molecule has 0 bridgehead atoms. The molecule has 0 aliphatic heterocycles. The molecule has 0 radical (unpaired) electrons. The van der Waals surface area contributed by atoms with Crippen LogP contribution >= 0.6 is 0 Å². The van der Waals surface area contributed by atoms with E-state index >= 15 is 0 Å². The van der Waals surface area contributed by atoms with Crippen LogP contribution in [0.15, 0.2) is 12.2 Å². The Morgan fingerprint density at radius 2 is 0.688 bits per heavy atom. The van der Waals surface area contributed by atoms with Gasteiger partial charge in [-0.05, 0) is 135 Å². The van der Waals surface area contributed by atoms with Crippen molar-refractivity contribution in [3.8, 4) is 0 Å². The molecule has 0 N–H and O–H groups in total. The van der Waals surface area contributed by atoms with Gasteiger partial charge in [-0.15, -0.1) is 0 Å². The summed E-state index contributed by atoms with van der Waals surface area (Å²) in [5.41, 5.74) is 1.62. The van der Waals surface area contributed by atoms with E-state index in [1.807, 2.05) is 0 Å². The highest BCUT2D eigenvalue weighted by atomic mass is 14.4. The zero-order valence-corrected chi connectivity index (χ0v) is 23.2. The van der Waals surface area contributed by atoms with E-state index in [0.29, 0.717) is 0 Å². The molecule has 0 amide bonds. The lowest BCUT2D eigenvalue weighted by Crippen LogP contribution is -2.36. The van der Waals surface area contributed by atoms with Gasteiger partial charge in [0, 0.05) is 0 Å². The third kappa shape index (κ3) is 6.44. The van der Waals surface area contributed by atoms with Crippen LogP contribution in [-0.4, -0.2) is 0 Å². The molecule has 4 saturated carbocycles. The van der Waals surface area contributed by atoms with Crippen LogP contribution in [0.4, 0.5) is 0 Å². The molecule has 0 spiro atoms. The average Bonchev–Trinajstić information content (AvgIpc) is 2.74. The molecule has 10 atom stereocenters. The highest BCUT2D eigenvalue weighted by Crippen LogP contribution is 2.48. The van der Waals surface area contributed by atoms with Gasteiger partial charge in [0.2, 0.25) is 0 Å². The summed E-state index contributed by atoms with van der Waals surface area (Å²) < 4.78 is 0. The van der Waals surface area contributed by atoms with Gasteiger partial charge in [0.25, 0.3) is 0 Å². The van der Waals surface area contributed by atoms with Gasteiger partial charge in [0.05, 0.1) is 0 Å². The van der Waals surface area contributed by atoms with Crippen LogP contribution in [0.2, 0.25) is 0 Å². The molecule has 0 aromatic heterocycles. The van der Waals surface area contributed by atoms with Gasteiger partial charge >= 0.3 is 0 Å². The first-order chi connectivity index (χ1) is 15.1. The number of allylic oxidation sites excluding steroid dienone is 1. The molecule has 0 heteroatoms. The fourth-order valence-electron chi connectivity index (χ4n) is 7.90. The minimum absolute atomic E-state index is 0.835. The van der Waals surface area contributed by atoms with E-state index in [4.69, 9.17) is 0 Å². The lowest BCUT2D eigenvalue weighted by Gasteiger charge is -2.46. The minimum atomic E-state index is 0.835. The molecule has 4 aliphatic rings. The van der Waals surface area contributed by atoms with Crippen molar-refractivity contribution in [1.82, 2.24) is 0 Å². The SMILES string of the molecule is C=C(C1CCC(C)C(C)C1)C1CCC(C)C(C)C1.CC1CC2CC(C)C(C)CC2CC1C. The van der Waals surface area contributed by atoms with E-state index < -0.39 is 0 Å². The zero-order valence-electron chi connectivity index (χ0n) is 23.2. The average molecular weight is 443 g/mol. The van der Waals surface area contributed by atoms with Crippen molar-refractivity contribution in [3.63, 3.8) is 0 Å². The van der Waals surface area contributed by atoms with Crippen LogP contribution in [0, 0.1) is 71.0 Å². The van der Waals surface area contributed by atoms with E-state index in [1.54, 1.807) is 5.57 Å². The lowest BCUT2D eigenvalue weighted by atomic mass is 9.60. The Hall–Kier alpha value is -0.260. The Morgan fingerprint density at radius 1 is 0.406 bits per heavy atom. The number of fused-ring (bicyclic) bond motifs is 1. The van der Waals surface area contributed by atoms with Crippen LogP contribution in [0.5, 0.6) is 0 Å². The third-order valence-electron chi connectivity index (χ3n) is 11.6. The van der Waals surface area contributed by atoms with Gasteiger partial charge in [-0.3, -0.25) is 0 Å². The van der Waals surface area contributed by atoms with Crippen molar-refractivity contribution < 1.29 is 0 Å². The second kappa shape index (κ2) is 11.4. The van der Waals surface area contributed by atoms with Crippen molar-refractivity contribution in [1.29, 1.82) is 0 Å². The van der Waals surface area contributed by atoms with E-state index in [0.717, 1.165) is 71.0 Å². The lowest BCUT2D eigenvalue weighted by molar-refractivity contribution is 0.0458. The number of hydrogen-bond donors (Lipinski definition) is 0. The third-order valence-corrected chi connectivity index (χ3v) is 11.6. The molecule has 32 heavy (non-hydrogen) atoms. The van der Waals surface area contributed by atoms with Crippen molar-refractivity contribution >= 4 is 0 Å². The van der Waals surface area contributed by atoms with Gasteiger partial charge in [0.1, 0.15) is 0 Å². The first-order valence-electron chi connectivity index (χ1n) is 14.7. The zero-order chi connectivity index (χ0) is 23.6. The van der Waals surface area contributed by atoms with E-state index in [9.17, 15) is 0 Å². The summed E-state index contributed by atoms with van der Waals surface area (Å²) in [4.78, 5) is 0. The molecule has 0 saturated heterocycles. The second-order valence-corrected chi connectivity index (χ2v) is 13.9. The summed E-state index contributed by atoms with van der Waals surface area (Å²) in [5.74, 6) is 11.4. The van der Waals surface area contributed by atoms with Crippen molar-refractivity contribution in [2.45, 2.75) is 120 Å². The number of hydrogen-bond acceptors (Lipinski definition) is 0. The maximum Gasteiger partial charge on any atom is -0.0200 e. The molecule has 10 unspecified atom stereocenters. The smallest absolute Gasteiger partial charge is 0.0200 e. The minimum Gasteiger partial charge on any atom is -0.0993 e. The van der Waals surface area contributed by atoms with Crippen LogP contribution in [0.25, 0.3) is 0 Å². The maximum absolute atomic E-state index is 4.52. The van der Waals surface area contributed by atoms with E-state index in [-0.39, 0.29) is 0 Å². The van der Waals surface area contributed by atoms with Crippen molar-refractivity contribution in [2.24, 2.45) is 71.0 Å². The Kier molecular flexibility index (Phi) is 9.42. The second-order valence-electron chi connectivity index (χ2n) is 13.9. The molecular weight excluding hydrogens is 384 g/mol. The first-order valence-corrected chi connectivity index (χ1v) is 14.7. The van der Waals surface area contributed by atoms with Gasteiger partial charge in [-0.2, -0.15) is 0 Å². The normalized spacial score (nSPS) is 49.4. The summed E-state index contributed by atoms with van der Waals surface area (Å²) in [6, 6.07) is 0. The van der Waals surface area contributed by atoms with Crippen molar-refractivity contribution in [2.75, 3.05) is 0 Å². The molecule has 0 heterocycles. The summed E-state index contributed by atoms with van der Waals surface area (Å²) in [5, 5.41) is 0. The molecule has 0 aromatic rings. The highest BCUT2D eigenvalue weighted by Gasteiger charge is 2.38. The fraction of sp³-hybridized carbons (Fsp3) is 0.938. The van der Waals surface area contributed by atoms with Crippen LogP contribution in [0.3, 0.4) is 0 Å². The van der Waals surface area contributed by atoms with Gasteiger partial charge in [-0.1, -0.05) is 67.5 Å². The fourth-order valence-corrected chi connectivity index (χ4v) is 7.90. The number of rotatable bonds is 2. The van der Waals surface area contributed by atoms with Crippen LogP contribution < -0.4 is 0 Å². The molecule has 4 aliphatic carbocycles. The quantitative estimate of drug-likeness (QED) is 0.373. The first kappa shape index (κ1) is 26.3. The summed E-state index contributed by atoms with van der Waals surface area (Å²) in [6.45, 7) is 24.1. The molecule has 186 valence electrons. The van der Waals surface area contributed by atoms with Crippen LogP contribution in [0.1, 0.15) is 120 Å². The van der Waals surface area contributed by atoms with Crippen molar-refractivity contribution in [3.05, 3.63) is 12.2 Å². The Bertz CT molecular complexity index is 519. The molecule has 0 nitrogen and oxygen atoms in total. The summed E-state index contributed by atoms with van der Waals surface area (Å²) in [6.07, 6.45) is 14.5. The maximum atomic E-state index is 4.52. The Labute approximate surface area is 202 Å². The monoisotopic (exact) mass is 442 g/mol. The highest BCUT2D eigenvalue weighted by molar-refractivity contribution is 5.09. The predicted molar refractivity (Wildman–Crippen MR) is 143 cm³/mol. The standard InChI is InChI=1S/C18H32.C14H26/c1-12-6-8-17(10-14(12)3)16(5)18-9-7-13(2)15(4)11-18;1-9-5-13-7-11(3)12(4)8-14(13)6-10(9)2/h12-15,17-18H,5-11H2,1-4H3;9-14H,5-8H2,1-4H3. The Morgan fingerprint density at radius 3 is 0.969 bits per heavy atom. The molecule has 0 aromatic carbocycles.